The molecule has 0 saturated heterocycles. The summed E-state index contributed by atoms with van der Waals surface area (Å²) in [4.78, 5) is 23.6. The summed E-state index contributed by atoms with van der Waals surface area (Å²) in [6, 6.07) is 0. The van der Waals surface area contributed by atoms with Crippen LogP contribution in [0.4, 0.5) is 0 Å². The van der Waals surface area contributed by atoms with E-state index in [1.807, 2.05) is 13.1 Å². The van der Waals surface area contributed by atoms with Crippen LogP contribution in [0.15, 0.2) is 18.7 Å². The zero-order valence-electron chi connectivity index (χ0n) is 9.43. The number of hydrogen-bond donors (Lipinski definition) is 0. The van der Waals surface area contributed by atoms with Crippen molar-refractivity contribution in [2.24, 2.45) is 7.05 Å². The molecule has 0 unspecified atom stereocenters. The zero-order chi connectivity index (χ0) is 11.7. The average molecular weight is 216 g/mol. The normalized spacial score (nSPS) is 10.4. The quantitative estimate of drug-likeness (QED) is 0.712. The van der Waals surface area contributed by atoms with Crippen LogP contribution in [0.5, 0.6) is 0 Å². The molecule has 0 atom stereocenters. The Hall–Kier alpha value is -2.04. The third-order valence-electron chi connectivity index (χ3n) is 2.38. The monoisotopic (exact) mass is 216 g/mol. The fraction of sp³-hybridized carbons (Fsp3) is 0.273. The molecule has 2 aromatic rings. The molecule has 2 heterocycles. The SMILES string of the molecule is CC(=O)c1nc(-c2cncnc2C)cn1C. The molecule has 0 aromatic carbocycles. The van der Waals surface area contributed by atoms with Crippen molar-refractivity contribution >= 4 is 5.78 Å². The maximum atomic E-state index is 11.3. The number of carbonyl (C=O) groups is 1. The minimum Gasteiger partial charge on any atom is -0.331 e. The molecule has 0 amide bonds. The van der Waals surface area contributed by atoms with Crippen molar-refractivity contribution in [1.29, 1.82) is 0 Å². The Kier molecular flexibility index (Phi) is 2.52. The Morgan fingerprint density at radius 1 is 1.44 bits per heavy atom. The van der Waals surface area contributed by atoms with Crippen molar-refractivity contribution < 1.29 is 4.79 Å². The summed E-state index contributed by atoms with van der Waals surface area (Å²) in [5.74, 6) is 0.390. The molecule has 0 aliphatic heterocycles. The molecule has 0 N–H and O–H groups in total. The molecule has 2 aromatic heterocycles. The summed E-state index contributed by atoms with van der Waals surface area (Å²) in [6.07, 6.45) is 5.00. The summed E-state index contributed by atoms with van der Waals surface area (Å²) in [6.45, 7) is 3.39. The Labute approximate surface area is 93.2 Å². The summed E-state index contributed by atoms with van der Waals surface area (Å²) in [5, 5.41) is 0. The number of Topliss-reactive ketones (excluding diaryl/α,β-unsaturated/α-hetero) is 1. The van der Waals surface area contributed by atoms with Crippen LogP contribution < -0.4 is 0 Å². The molecule has 82 valence electrons. The van der Waals surface area contributed by atoms with E-state index in [-0.39, 0.29) is 5.78 Å². The van der Waals surface area contributed by atoms with E-state index < -0.39 is 0 Å². The molecule has 0 bridgehead atoms. The average Bonchev–Trinajstić information content (AvgIpc) is 2.61. The summed E-state index contributed by atoms with van der Waals surface area (Å²) >= 11 is 0. The lowest BCUT2D eigenvalue weighted by Crippen LogP contribution is -2.02. The molecule has 0 spiro atoms. The first-order valence-corrected chi connectivity index (χ1v) is 4.91. The van der Waals surface area contributed by atoms with Gasteiger partial charge >= 0.3 is 0 Å². The van der Waals surface area contributed by atoms with Gasteiger partial charge in [0.15, 0.2) is 11.6 Å². The van der Waals surface area contributed by atoms with Gasteiger partial charge in [0.05, 0.1) is 11.4 Å². The fourth-order valence-corrected chi connectivity index (χ4v) is 1.57. The number of imidazole rings is 1. The lowest BCUT2D eigenvalue weighted by atomic mass is 10.2. The highest BCUT2D eigenvalue weighted by molar-refractivity contribution is 5.91. The van der Waals surface area contributed by atoms with Gasteiger partial charge in [-0.15, -0.1) is 0 Å². The maximum Gasteiger partial charge on any atom is 0.195 e. The minimum absolute atomic E-state index is 0.0525. The number of aryl methyl sites for hydroxylation is 2. The highest BCUT2D eigenvalue weighted by Gasteiger charge is 2.12. The van der Waals surface area contributed by atoms with E-state index in [0.717, 1.165) is 17.0 Å². The molecule has 5 nitrogen and oxygen atoms in total. The highest BCUT2D eigenvalue weighted by atomic mass is 16.1. The second-order valence-corrected chi connectivity index (χ2v) is 3.64. The molecule has 16 heavy (non-hydrogen) atoms. The van der Waals surface area contributed by atoms with E-state index in [0.29, 0.717) is 5.82 Å². The smallest absolute Gasteiger partial charge is 0.195 e. The van der Waals surface area contributed by atoms with Gasteiger partial charge in [0.2, 0.25) is 0 Å². The Morgan fingerprint density at radius 3 is 2.75 bits per heavy atom. The van der Waals surface area contributed by atoms with Crippen LogP contribution in [0.2, 0.25) is 0 Å². The van der Waals surface area contributed by atoms with Crippen LogP contribution in [-0.2, 0) is 7.05 Å². The largest absolute Gasteiger partial charge is 0.331 e. The summed E-state index contributed by atoms with van der Waals surface area (Å²) < 4.78 is 1.71. The number of rotatable bonds is 2. The van der Waals surface area contributed by atoms with E-state index in [1.54, 1.807) is 17.8 Å². The Morgan fingerprint density at radius 2 is 2.19 bits per heavy atom. The fourth-order valence-electron chi connectivity index (χ4n) is 1.57. The van der Waals surface area contributed by atoms with Gasteiger partial charge in [-0.05, 0) is 6.92 Å². The van der Waals surface area contributed by atoms with Crippen molar-refractivity contribution in [1.82, 2.24) is 19.5 Å². The van der Waals surface area contributed by atoms with Crippen molar-refractivity contribution in [3.63, 3.8) is 0 Å². The lowest BCUT2D eigenvalue weighted by molar-refractivity contribution is 0.100. The number of carbonyl (C=O) groups excluding carboxylic acids is 1. The third kappa shape index (κ3) is 1.71. The van der Waals surface area contributed by atoms with Gasteiger partial charge in [0, 0.05) is 31.9 Å². The van der Waals surface area contributed by atoms with Crippen molar-refractivity contribution in [3.8, 4) is 11.3 Å². The van der Waals surface area contributed by atoms with Gasteiger partial charge < -0.3 is 4.57 Å². The maximum absolute atomic E-state index is 11.3. The minimum atomic E-state index is -0.0525. The van der Waals surface area contributed by atoms with Gasteiger partial charge in [-0.1, -0.05) is 0 Å². The Bertz CT molecular complexity index is 545. The molecule has 0 aliphatic rings. The van der Waals surface area contributed by atoms with Gasteiger partial charge in [0.1, 0.15) is 6.33 Å². The molecule has 0 aliphatic carbocycles. The van der Waals surface area contributed by atoms with Crippen molar-refractivity contribution in [2.45, 2.75) is 13.8 Å². The predicted octanol–water partition coefficient (Wildman–Crippen LogP) is 1.39. The second kappa shape index (κ2) is 3.84. The van der Waals surface area contributed by atoms with E-state index in [1.165, 1.54) is 13.3 Å². The zero-order valence-corrected chi connectivity index (χ0v) is 9.43. The molecule has 0 saturated carbocycles. The van der Waals surface area contributed by atoms with Crippen LogP contribution in [0.1, 0.15) is 23.2 Å². The molecule has 2 rings (SSSR count). The van der Waals surface area contributed by atoms with Crippen LogP contribution in [0.25, 0.3) is 11.3 Å². The number of nitrogens with zero attached hydrogens (tertiary/aromatic N) is 4. The molecular formula is C11H12N4O. The van der Waals surface area contributed by atoms with Gasteiger partial charge in [-0.2, -0.15) is 0 Å². The van der Waals surface area contributed by atoms with Gasteiger partial charge in [-0.3, -0.25) is 4.79 Å². The first-order chi connectivity index (χ1) is 7.59. The van der Waals surface area contributed by atoms with Crippen molar-refractivity contribution in [3.05, 3.63) is 30.2 Å². The standard InChI is InChI=1S/C11H12N4O/c1-7-9(4-12-6-13-7)10-5-15(3)11(14-10)8(2)16/h4-6H,1-3H3. The second-order valence-electron chi connectivity index (χ2n) is 3.64. The van der Waals surface area contributed by atoms with Gasteiger partial charge in [-0.25, -0.2) is 15.0 Å². The number of hydrogen-bond acceptors (Lipinski definition) is 4. The lowest BCUT2D eigenvalue weighted by Gasteiger charge is -1.98. The van der Waals surface area contributed by atoms with Crippen LogP contribution >= 0.6 is 0 Å². The van der Waals surface area contributed by atoms with Gasteiger partial charge in [0.25, 0.3) is 0 Å². The Balaban J connectivity index is 2.54. The molecular weight excluding hydrogens is 204 g/mol. The highest BCUT2D eigenvalue weighted by Crippen LogP contribution is 2.19. The summed E-state index contributed by atoms with van der Waals surface area (Å²) in [7, 11) is 1.80. The van der Waals surface area contributed by atoms with E-state index in [9.17, 15) is 4.79 Å². The van der Waals surface area contributed by atoms with Crippen molar-refractivity contribution in [2.75, 3.05) is 0 Å². The van der Waals surface area contributed by atoms with Crippen LogP contribution in [0.3, 0.4) is 0 Å². The molecule has 0 fully saturated rings. The molecule has 5 heteroatoms. The van der Waals surface area contributed by atoms with E-state index in [4.69, 9.17) is 0 Å². The first kappa shape index (κ1) is 10.5. The van der Waals surface area contributed by atoms with E-state index >= 15 is 0 Å². The predicted molar refractivity (Wildman–Crippen MR) is 59.0 cm³/mol. The molecule has 0 radical (unpaired) electrons. The first-order valence-electron chi connectivity index (χ1n) is 4.91. The topological polar surface area (TPSA) is 60.7 Å². The van der Waals surface area contributed by atoms with Crippen LogP contribution in [0, 0.1) is 6.92 Å². The van der Waals surface area contributed by atoms with Crippen LogP contribution in [-0.4, -0.2) is 25.3 Å². The number of aromatic nitrogens is 4. The number of ketones is 1. The summed E-state index contributed by atoms with van der Waals surface area (Å²) in [5.41, 5.74) is 2.43. The third-order valence-corrected chi connectivity index (χ3v) is 2.38. The van der Waals surface area contributed by atoms with E-state index in [2.05, 4.69) is 15.0 Å².